The Balaban J connectivity index is 2.24. The average Bonchev–Trinajstić information content (AvgIpc) is 3.12. The molecule has 20 heavy (non-hydrogen) atoms. The summed E-state index contributed by atoms with van der Waals surface area (Å²) in [5.74, 6) is 0.658. The van der Waals surface area contributed by atoms with Crippen molar-refractivity contribution in [3.8, 4) is 5.75 Å². The van der Waals surface area contributed by atoms with Crippen LogP contribution < -0.4 is 15.2 Å². The Hall–Kier alpha value is -1.11. The molecule has 0 aromatic heterocycles. The second-order valence-electron chi connectivity index (χ2n) is 5.49. The van der Waals surface area contributed by atoms with Gasteiger partial charge in [0.05, 0.1) is 11.5 Å². The van der Waals surface area contributed by atoms with Crippen molar-refractivity contribution >= 4 is 10.0 Å². The fourth-order valence-electron chi connectivity index (χ4n) is 1.91. The van der Waals surface area contributed by atoms with E-state index in [2.05, 4.69) is 4.72 Å². The third kappa shape index (κ3) is 3.50. The van der Waals surface area contributed by atoms with E-state index >= 15 is 0 Å². The number of hydrogen-bond acceptors (Lipinski definition) is 4. The molecular formula is C14H22N2O3S. The summed E-state index contributed by atoms with van der Waals surface area (Å²) in [6.07, 6.45) is 2.66. The second kappa shape index (κ2) is 5.71. The molecule has 0 amide bonds. The van der Waals surface area contributed by atoms with Gasteiger partial charge in [-0.1, -0.05) is 6.92 Å². The normalized spacial score (nSPS) is 16.9. The van der Waals surface area contributed by atoms with Gasteiger partial charge >= 0.3 is 0 Å². The highest BCUT2D eigenvalue weighted by Crippen LogP contribution is 2.36. The molecule has 112 valence electrons. The zero-order valence-corrected chi connectivity index (χ0v) is 12.8. The predicted molar refractivity (Wildman–Crippen MR) is 78.1 cm³/mol. The lowest BCUT2D eigenvalue weighted by molar-refractivity contribution is 0.314. The van der Waals surface area contributed by atoms with Crippen LogP contribution in [0.25, 0.3) is 0 Å². The number of nitrogens with one attached hydrogen (secondary N) is 1. The van der Waals surface area contributed by atoms with Crippen LogP contribution in [0.4, 0.5) is 0 Å². The molecule has 6 heteroatoms. The molecule has 1 fully saturated rings. The van der Waals surface area contributed by atoms with E-state index in [4.69, 9.17) is 10.5 Å². The molecule has 0 radical (unpaired) electrons. The van der Waals surface area contributed by atoms with Crippen LogP contribution in [0.2, 0.25) is 0 Å². The van der Waals surface area contributed by atoms with E-state index in [1.807, 2.05) is 13.8 Å². The first kappa shape index (κ1) is 15.3. The first-order chi connectivity index (χ1) is 9.40. The molecule has 1 aliphatic rings. The van der Waals surface area contributed by atoms with Crippen molar-refractivity contribution in [1.29, 1.82) is 0 Å². The standard InChI is InChI=1S/C14H22N2O3S/c1-3-8-19-13-5-4-12(9-11(13)10-15)20(17,18)16-14(2)6-7-14/h4-5,9,16H,3,6-8,10,15H2,1-2H3. The van der Waals surface area contributed by atoms with E-state index in [0.717, 1.165) is 19.3 Å². The summed E-state index contributed by atoms with van der Waals surface area (Å²) < 4.78 is 32.9. The van der Waals surface area contributed by atoms with Crippen LogP contribution in [-0.2, 0) is 16.6 Å². The smallest absolute Gasteiger partial charge is 0.241 e. The SMILES string of the molecule is CCCOc1ccc(S(=O)(=O)NC2(C)CC2)cc1CN. The maximum atomic E-state index is 12.3. The molecule has 0 unspecified atom stereocenters. The fraction of sp³-hybridized carbons (Fsp3) is 0.571. The van der Waals surface area contributed by atoms with Gasteiger partial charge in [0.1, 0.15) is 5.75 Å². The first-order valence-electron chi connectivity index (χ1n) is 6.90. The van der Waals surface area contributed by atoms with Crippen LogP contribution in [-0.4, -0.2) is 20.6 Å². The third-order valence-electron chi connectivity index (χ3n) is 3.40. The van der Waals surface area contributed by atoms with Crippen LogP contribution in [0.15, 0.2) is 23.1 Å². The molecule has 0 heterocycles. The molecular weight excluding hydrogens is 276 g/mol. The minimum Gasteiger partial charge on any atom is -0.493 e. The Morgan fingerprint density at radius 2 is 2.10 bits per heavy atom. The number of nitrogens with two attached hydrogens (primary N) is 1. The first-order valence-corrected chi connectivity index (χ1v) is 8.38. The molecule has 0 spiro atoms. The van der Waals surface area contributed by atoms with Crippen molar-refractivity contribution in [2.45, 2.75) is 50.1 Å². The molecule has 1 aromatic carbocycles. The average molecular weight is 298 g/mol. The van der Waals surface area contributed by atoms with Gasteiger partial charge < -0.3 is 10.5 Å². The van der Waals surface area contributed by atoms with Gasteiger partial charge in [0.2, 0.25) is 10.0 Å². The van der Waals surface area contributed by atoms with Gasteiger partial charge in [-0.05, 0) is 44.4 Å². The molecule has 0 atom stereocenters. The predicted octanol–water partition coefficient (Wildman–Crippen LogP) is 1.76. The zero-order valence-electron chi connectivity index (χ0n) is 12.0. The number of hydrogen-bond donors (Lipinski definition) is 2. The summed E-state index contributed by atoms with van der Waals surface area (Å²) in [6.45, 7) is 4.77. The Bertz CT molecular complexity index is 580. The van der Waals surface area contributed by atoms with Gasteiger partial charge in [-0.25, -0.2) is 13.1 Å². The van der Waals surface area contributed by atoms with Gasteiger partial charge in [0.15, 0.2) is 0 Å². The molecule has 1 aromatic rings. The highest BCUT2D eigenvalue weighted by molar-refractivity contribution is 7.89. The van der Waals surface area contributed by atoms with E-state index < -0.39 is 10.0 Å². The van der Waals surface area contributed by atoms with Gasteiger partial charge in [-0.15, -0.1) is 0 Å². The second-order valence-corrected chi connectivity index (χ2v) is 7.17. The van der Waals surface area contributed by atoms with Gasteiger partial charge in [0.25, 0.3) is 0 Å². The van der Waals surface area contributed by atoms with Crippen molar-refractivity contribution in [2.24, 2.45) is 5.73 Å². The summed E-state index contributed by atoms with van der Waals surface area (Å²) in [4.78, 5) is 0.245. The number of ether oxygens (including phenoxy) is 1. The lowest BCUT2D eigenvalue weighted by atomic mass is 10.2. The third-order valence-corrected chi connectivity index (χ3v) is 5.04. The van der Waals surface area contributed by atoms with E-state index in [1.165, 1.54) is 0 Å². The van der Waals surface area contributed by atoms with Gasteiger partial charge in [-0.3, -0.25) is 0 Å². The van der Waals surface area contributed by atoms with E-state index in [1.54, 1.807) is 18.2 Å². The van der Waals surface area contributed by atoms with Crippen LogP contribution in [0, 0.1) is 0 Å². The molecule has 0 bridgehead atoms. The minimum atomic E-state index is -3.49. The summed E-state index contributed by atoms with van der Waals surface area (Å²) in [5.41, 5.74) is 6.11. The quantitative estimate of drug-likeness (QED) is 0.803. The van der Waals surface area contributed by atoms with Crippen LogP contribution in [0.1, 0.15) is 38.7 Å². The van der Waals surface area contributed by atoms with Crippen molar-refractivity contribution < 1.29 is 13.2 Å². The van der Waals surface area contributed by atoms with E-state index in [-0.39, 0.29) is 17.0 Å². The maximum absolute atomic E-state index is 12.3. The summed E-state index contributed by atoms with van der Waals surface area (Å²) in [7, 11) is -3.49. The highest BCUT2D eigenvalue weighted by atomic mass is 32.2. The molecule has 3 N–H and O–H groups in total. The topological polar surface area (TPSA) is 81.4 Å². The van der Waals surface area contributed by atoms with Crippen molar-refractivity contribution in [3.05, 3.63) is 23.8 Å². The van der Waals surface area contributed by atoms with Crippen LogP contribution >= 0.6 is 0 Å². The summed E-state index contributed by atoms with van der Waals surface area (Å²) in [5, 5.41) is 0. The largest absolute Gasteiger partial charge is 0.493 e. The number of sulfonamides is 1. The maximum Gasteiger partial charge on any atom is 0.241 e. The molecule has 5 nitrogen and oxygen atoms in total. The Kier molecular flexibility index (Phi) is 4.36. The Labute approximate surface area is 120 Å². The summed E-state index contributed by atoms with van der Waals surface area (Å²) >= 11 is 0. The van der Waals surface area contributed by atoms with Crippen molar-refractivity contribution in [3.63, 3.8) is 0 Å². The zero-order chi connectivity index (χ0) is 14.8. The fourth-order valence-corrected chi connectivity index (χ4v) is 3.42. The highest BCUT2D eigenvalue weighted by Gasteiger charge is 2.41. The number of benzene rings is 1. The van der Waals surface area contributed by atoms with E-state index in [0.29, 0.717) is 17.9 Å². The number of rotatable bonds is 7. The molecule has 2 rings (SSSR count). The minimum absolute atomic E-state index is 0.245. The van der Waals surface area contributed by atoms with E-state index in [9.17, 15) is 8.42 Å². The Morgan fingerprint density at radius 3 is 2.65 bits per heavy atom. The lowest BCUT2D eigenvalue weighted by Gasteiger charge is -2.15. The molecule has 1 aliphatic carbocycles. The Morgan fingerprint density at radius 1 is 1.40 bits per heavy atom. The van der Waals surface area contributed by atoms with Gasteiger partial charge in [0, 0.05) is 17.6 Å². The lowest BCUT2D eigenvalue weighted by Crippen LogP contribution is -2.34. The van der Waals surface area contributed by atoms with Crippen LogP contribution in [0.3, 0.4) is 0 Å². The molecule has 0 aliphatic heterocycles. The van der Waals surface area contributed by atoms with Crippen LogP contribution in [0.5, 0.6) is 5.75 Å². The summed E-state index contributed by atoms with van der Waals surface area (Å²) in [6, 6.07) is 4.85. The molecule has 1 saturated carbocycles. The van der Waals surface area contributed by atoms with Crippen molar-refractivity contribution in [2.75, 3.05) is 6.61 Å². The monoisotopic (exact) mass is 298 g/mol. The molecule has 0 saturated heterocycles. The van der Waals surface area contributed by atoms with Gasteiger partial charge in [-0.2, -0.15) is 0 Å². The van der Waals surface area contributed by atoms with Crippen molar-refractivity contribution in [1.82, 2.24) is 4.72 Å².